The van der Waals surface area contributed by atoms with E-state index in [4.69, 9.17) is 5.21 Å². The van der Waals surface area contributed by atoms with E-state index in [2.05, 4.69) is 9.97 Å². The van der Waals surface area contributed by atoms with Crippen LogP contribution in [0, 0.1) is 12.7 Å². The van der Waals surface area contributed by atoms with E-state index in [1.807, 2.05) is 29.7 Å². The molecule has 0 saturated heterocycles. The molecule has 0 saturated carbocycles. The molecule has 2 N–H and O–H groups in total. The minimum absolute atomic E-state index is 0.0454. The standard InChI is InChI=1S/C15H13FN4O2/c1-9-5-10-3-2-4-17-14(10)20(9)8-13-12(16)6-11(7-18-13)15(21)19-22/h2-7,22H,8H2,1H3,(H,19,21). The molecule has 6 nitrogen and oxygen atoms in total. The Morgan fingerprint density at radius 2 is 2.23 bits per heavy atom. The number of carbonyl (C=O) groups is 1. The van der Waals surface area contributed by atoms with Crippen LogP contribution in [0.25, 0.3) is 11.0 Å². The van der Waals surface area contributed by atoms with Crippen molar-refractivity contribution in [3.8, 4) is 0 Å². The van der Waals surface area contributed by atoms with Gasteiger partial charge in [0.05, 0.1) is 17.8 Å². The Labute approximate surface area is 125 Å². The molecule has 0 fully saturated rings. The van der Waals surface area contributed by atoms with E-state index < -0.39 is 11.7 Å². The van der Waals surface area contributed by atoms with Crippen LogP contribution in [0.2, 0.25) is 0 Å². The van der Waals surface area contributed by atoms with Crippen LogP contribution in [0.3, 0.4) is 0 Å². The molecule has 3 rings (SSSR count). The number of nitrogens with zero attached hydrogens (tertiary/aromatic N) is 3. The second-order valence-electron chi connectivity index (χ2n) is 4.88. The van der Waals surface area contributed by atoms with Gasteiger partial charge in [-0.15, -0.1) is 0 Å². The molecule has 1 amide bonds. The van der Waals surface area contributed by atoms with Gasteiger partial charge in [-0.1, -0.05) is 0 Å². The van der Waals surface area contributed by atoms with Crippen molar-refractivity contribution in [1.82, 2.24) is 20.0 Å². The highest BCUT2D eigenvalue weighted by Crippen LogP contribution is 2.19. The van der Waals surface area contributed by atoms with Crippen LogP contribution in [-0.4, -0.2) is 25.6 Å². The fourth-order valence-electron chi connectivity index (χ4n) is 2.34. The number of pyridine rings is 2. The lowest BCUT2D eigenvalue weighted by Crippen LogP contribution is -2.19. The zero-order valence-corrected chi connectivity index (χ0v) is 11.7. The lowest BCUT2D eigenvalue weighted by Gasteiger charge is -2.09. The van der Waals surface area contributed by atoms with Crippen LogP contribution < -0.4 is 5.48 Å². The smallest absolute Gasteiger partial charge is 0.276 e. The molecule has 0 aliphatic rings. The van der Waals surface area contributed by atoms with E-state index >= 15 is 0 Å². The number of aromatic nitrogens is 3. The third-order valence-corrected chi connectivity index (χ3v) is 3.45. The maximum atomic E-state index is 14.1. The summed E-state index contributed by atoms with van der Waals surface area (Å²) < 4.78 is 16.0. The molecule has 0 unspecified atom stereocenters. The van der Waals surface area contributed by atoms with Crippen molar-refractivity contribution >= 4 is 16.9 Å². The lowest BCUT2D eigenvalue weighted by molar-refractivity contribution is 0.0705. The van der Waals surface area contributed by atoms with Gasteiger partial charge in [0, 0.05) is 23.5 Å². The monoisotopic (exact) mass is 300 g/mol. The molecule has 3 aromatic heterocycles. The zero-order valence-electron chi connectivity index (χ0n) is 11.7. The summed E-state index contributed by atoms with van der Waals surface area (Å²) in [5, 5.41) is 9.52. The second-order valence-corrected chi connectivity index (χ2v) is 4.88. The predicted molar refractivity (Wildman–Crippen MR) is 77.0 cm³/mol. The molecule has 0 atom stereocenters. The first-order valence-corrected chi connectivity index (χ1v) is 6.60. The van der Waals surface area contributed by atoms with Crippen molar-refractivity contribution in [3.63, 3.8) is 0 Å². The number of hydroxylamine groups is 1. The van der Waals surface area contributed by atoms with Gasteiger partial charge in [0.2, 0.25) is 0 Å². The molecule has 0 bridgehead atoms. The number of nitrogens with one attached hydrogen (secondary N) is 1. The molecule has 0 aliphatic heterocycles. The fraction of sp³-hybridized carbons (Fsp3) is 0.133. The maximum absolute atomic E-state index is 14.1. The number of hydrogen-bond donors (Lipinski definition) is 2. The number of hydrogen-bond acceptors (Lipinski definition) is 4. The predicted octanol–water partition coefficient (Wildman–Crippen LogP) is 2.05. The molecule has 0 aliphatic carbocycles. The molecule has 22 heavy (non-hydrogen) atoms. The summed E-state index contributed by atoms with van der Waals surface area (Å²) in [6.07, 6.45) is 2.90. The minimum atomic E-state index is -0.804. The highest BCUT2D eigenvalue weighted by atomic mass is 19.1. The van der Waals surface area contributed by atoms with Gasteiger partial charge >= 0.3 is 0 Å². The Kier molecular flexibility index (Phi) is 3.56. The average Bonchev–Trinajstić information content (AvgIpc) is 2.84. The second kappa shape index (κ2) is 5.53. The molecule has 0 spiro atoms. The third-order valence-electron chi connectivity index (χ3n) is 3.45. The van der Waals surface area contributed by atoms with Crippen molar-refractivity contribution in [2.45, 2.75) is 13.5 Å². The molecule has 3 heterocycles. The number of rotatable bonds is 3. The van der Waals surface area contributed by atoms with Gasteiger partial charge in [-0.25, -0.2) is 14.9 Å². The van der Waals surface area contributed by atoms with Crippen LogP contribution in [0.1, 0.15) is 21.7 Å². The Bertz CT molecular complexity index is 860. The molecule has 0 aromatic carbocycles. The quantitative estimate of drug-likeness (QED) is 0.573. The van der Waals surface area contributed by atoms with E-state index in [1.54, 1.807) is 6.20 Å². The van der Waals surface area contributed by atoms with Crippen LogP contribution in [0.5, 0.6) is 0 Å². The summed E-state index contributed by atoms with van der Waals surface area (Å²) in [5.41, 5.74) is 3.28. The van der Waals surface area contributed by atoms with Crippen molar-refractivity contribution < 1.29 is 14.4 Å². The van der Waals surface area contributed by atoms with E-state index in [1.165, 1.54) is 11.7 Å². The average molecular weight is 300 g/mol. The molecule has 7 heteroatoms. The first kappa shape index (κ1) is 14.2. The Morgan fingerprint density at radius 1 is 1.41 bits per heavy atom. The summed E-state index contributed by atoms with van der Waals surface area (Å²) in [4.78, 5) is 19.5. The summed E-state index contributed by atoms with van der Waals surface area (Å²) in [6.45, 7) is 2.12. The largest absolute Gasteiger partial charge is 0.324 e. The van der Waals surface area contributed by atoms with Crippen molar-refractivity contribution in [2.24, 2.45) is 0 Å². The number of carbonyl (C=O) groups excluding carboxylic acids is 1. The van der Waals surface area contributed by atoms with E-state index in [9.17, 15) is 9.18 Å². The minimum Gasteiger partial charge on any atom is -0.324 e. The van der Waals surface area contributed by atoms with Gasteiger partial charge in [-0.05, 0) is 31.2 Å². The number of amides is 1. The summed E-state index contributed by atoms with van der Waals surface area (Å²) >= 11 is 0. The fourth-order valence-corrected chi connectivity index (χ4v) is 2.34. The Balaban J connectivity index is 1.98. The SMILES string of the molecule is Cc1cc2cccnc2n1Cc1ncc(C(=O)NO)cc1F. The summed E-state index contributed by atoms with van der Waals surface area (Å²) in [7, 11) is 0. The topological polar surface area (TPSA) is 80.0 Å². The van der Waals surface area contributed by atoms with Crippen molar-refractivity contribution in [1.29, 1.82) is 0 Å². The van der Waals surface area contributed by atoms with Gasteiger partial charge in [-0.2, -0.15) is 0 Å². The number of aryl methyl sites for hydroxylation is 1. The van der Waals surface area contributed by atoms with Crippen LogP contribution >= 0.6 is 0 Å². The van der Waals surface area contributed by atoms with Gasteiger partial charge < -0.3 is 4.57 Å². The highest BCUT2D eigenvalue weighted by Gasteiger charge is 2.13. The molecular weight excluding hydrogens is 287 g/mol. The van der Waals surface area contributed by atoms with E-state index in [0.29, 0.717) is 0 Å². The van der Waals surface area contributed by atoms with Crippen molar-refractivity contribution in [2.75, 3.05) is 0 Å². The third kappa shape index (κ3) is 2.42. The maximum Gasteiger partial charge on any atom is 0.276 e. The van der Waals surface area contributed by atoms with E-state index in [0.717, 1.165) is 22.8 Å². The first-order valence-electron chi connectivity index (χ1n) is 6.60. The zero-order chi connectivity index (χ0) is 15.7. The summed E-state index contributed by atoms with van der Waals surface area (Å²) in [6, 6.07) is 6.79. The van der Waals surface area contributed by atoms with Crippen molar-refractivity contribution in [3.05, 3.63) is 59.4 Å². The van der Waals surface area contributed by atoms with Crippen LogP contribution in [0.4, 0.5) is 4.39 Å². The highest BCUT2D eigenvalue weighted by molar-refractivity contribution is 5.93. The van der Waals surface area contributed by atoms with Crippen LogP contribution in [-0.2, 0) is 6.54 Å². The number of fused-ring (bicyclic) bond motifs is 1. The Hall–Kier alpha value is -2.80. The number of halogens is 1. The molecule has 112 valence electrons. The summed E-state index contributed by atoms with van der Waals surface area (Å²) in [5.74, 6) is -1.42. The first-order chi connectivity index (χ1) is 10.6. The lowest BCUT2D eigenvalue weighted by atomic mass is 10.2. The van der Waals surface area contributed by atoms with Gasteiger partial charge in [0.25, 0.3) is 5.91 Å². The normalized spacial score (nSPS) is 10.9. The van der Waals surface area contributed by atoms with Gasteiger partial charge in [-0.3, -0.25) is 15.0 Å². The molecule has 0 radical (unpaired) electrons. The van der Waals surface area contributed by atoms with E-state index in [-0.39, 0.29) is 17.8 Å². The molecular formula is C15H13FN4O2. The molecule has 3 aromatic rings. The van der Waals surface area contributed by atoms with Crippen LogP contribution in [0.15, 0.2) is 36.7 Å². The Morgan fingerprint density at radius 3 is 2.95 bits per heavy atom. The van der Waals surface area contributed by atoms with Gasteiger partial charge in [0.1, 0.15) is 11.5 Å². The van der Waals surface area contributed by atoms with Gasteiger partial charge in [0.15, 0.2) is 0 Å².